The number of carbonyl (C=O) groups is 1. The molecule has 6 heteroatoms. The van der Waals surface area contributed by atoms with Crippen LogP contribution in [0, 0.1) is 12.7 Å². The third-order valence-electron chi connectivity index (χ3n) is 4.19. The fourth-order valence-corrected chi connectivity index (χ4v) is 2.69. The third-order valence-corrected chi connectivity index (χ3v) is 4.19. The minimum Gasteiger partial charge on any atom is -0.497 e. The molecule has 1 N–H and O–H groups in total. The van der Waals surface area contributed by atoms with E-state index in [0.717, 1.165) is 17.7 Å². The van der Waals surface area contributed by atoms with Gasteiger partial charge in [-0.25, -0.2) is 9.37 Å². The number of methoxy groups -OCH3 is 1. The lowest BCUT2D eigenvalue weighted by atomic mass is 10.1. The summed E-state index contributed by atoms with van der Waals surface area (Å²) in [7, 11) is 1.63. The van der Waals surface area contributed by atoms with Crippen LogP contribution in [0.5, 0.6) is 5.75 Å². The number of nitrogens with one attached hydrogen (secondary N) is 1. The maximum atomic E-state index is 13.4. The van der Waals surface area contributed by atoms with Crippen LogP contribution in [-0.2, 0) is 17.6 Å². The number of hydrogen-bond donors (Lipinski definition) is 1. The van der Waals surface area contributed by atoms with Crippen LogP contribution in [0.4, 0.5) is 4.39 Å². The Morgan fingerprint density at radius 2 is 2.00 bits per heavy atom. The van der Waals surface area contributed by atoms with Crippen LogP contribution in [0.1, 0.15) is 17.0 Å². The fourth-order valence-electron chi connectivity index (χ4n) is 2.69. The zero-order valence-corrected chi connectivity index (χ0v) is 15.3. The molecule has 0 spiro atoms. The molecule has 3 rings (SSSR count). The SMILES string of the molecule is COc1ccc(CCNC(=O)Cc2nc(-c3cccc(F)c3)oc2C)cc1. The first-order chi connectivity index (χ1) is 13.0. The van der Waals surface area contributed by atoms with Gasteiger partial charge in [0.1, 0.15) is 17.3 Å². The lowest BCUT2D eigenvalue weighted by molar-refractivity contribution is -0.120. The smallest absolute Gasteiger partial charge is 0.226 e. The average molecular weight is 368 g/mol. The normalized spacial score (nSPS) is 10.6. The quantitative estimate of drug-likeness (QED) is 0.691. The first kappa shape index (κ1) is 18.6. The van der Waals surface area contributed by atoms with Gasteiger partial charge in [0.25, 0.3) is 0 Å². The number of aryl methyl sites for hydroxylation is 1. The molecule has 5 nitrogen and oxygen atoms in total. The second-order valence-electron chi connectivity index (χ2n) is 6.16. The average Bonchev–Trinajstić information content (AvgIpc) is 3.03. The molecule has 0 saturated carbocycles. The van der Waals surface area contributed by atoms with Crippen molar-refractivity contribution in [2.75, 3.05) is 13.7 Å². The number of rotatable bonds is 7. The highest BCUT2D eigenvalue weighted by atomic mass is 19.1. The van der Waals surface area contributed by atoms with Crippen LogP contribution < -0.4 is 10.1 Å². The van der Waals surface area contributed by atoms with Crippen LogP contribution in [0.15, 0.2) is 52.9 Å². The van der Waals surface area contributed by atoms with E-state index in [1.54, 1.807) is 26.2 Å². The Labute approximate surface area is 157 Å². The van der Waals surface area contributed by atoms with E-state index in [4.69, 9.17) is 9.15 Å². The van der Waals surface area contributed by atoms with Gasteiger partial charge in [-0.1, -0.05) is 18.2 Å². The molecule has 3 aromatic rings. The van der Waals surface area contributed by atoms with Gasteiger partial charge in [0.2, 0.25) is 11.8 Å². The Balaban J connectivity index is 1.54. The van der Waals surface area contributed by atoms with Crippen LogP contribution >= 0.6 is 0 Å². The molecule has 1 amide bonds. The minimum atomic E-state index is -0.360. The minimum absolute atomic E-state index is 0.118. The van der Waals surface area contributed by atoms with Crippen molar-refractivity contribution in [2.45, 2.75) is 19.8 Å². The lowest BCUT2D eigenvalue weighted by Crippen LogP contribution is -2.27. The second kappa shape index (κ2) is 8.49. The molecular formula is C21H21FN2O3. The van der Waals surface area contributed by atoms with Crippen molar-refractivity contribution in [1.82, 2.24) is 10.3 Å². The van der Waals surface area contributed by atoms with E-state index >= 15 is 0 Å². The number of nitrogens with zero attached hydrogens (tertiary/aromatic N) is 1. The molecule has 27 heavy (non-hydrogen) atoms. The lowest BCUT2D eigenvalue weighted by Gasteiger charge is -2.05. The molecule has 140 valence electrons. The maximum absolute atomic E-state index is 13.4. The van der Waals surface area contributed by atoms with E-state index < -0.39 is 0 Å². The van der Waals surface area contributed by atoms with Gasteiger partial charge in [0, 0.05) is 12.1 Å². The largest absolute Gasteiger partial charge is 0.497 e. The van der Waals surface area contributed by atoms with Gasteiger partial charge in [-0.3, -0.25) is 4.79 Å². The summed E-state index contributed by atoms with van der Waals surface area (Å²) in [6, 6.07) is 13.7. The van der Waals surface area contributed by atoms with Crippen LogP contribution in [0.2, 0.25) is 0 Å². The Kier molecular flexibility index (Phi) is 5.86. The highest BCUT2D eigenvalue weighted by Crippen LogP contribution is 2.22. The van der Waals surface area contributed by atoms with Gasteiger partial charge >= 0.3 is 0 Å². The van der Waals surface area contributed by atoms with E-state index in [9.17, 15) is 9.18 Å². The summed E-state index contributed by atoms with van der Waals surface area (Å²) in [4.78, 5) is 16.5. The monoisotopic (exact) mass is 368 g/mol. The van der Waals surface area contributed by atoms with E-state index in [1.807, 2.05) is 24.3 Å². The predicted octanol–water partition coefficient (Wildman–Crippen LogP) is 3.70. The van der Waals surface area contributed by atoms with Crippen LogP contribution in [-0.4, -0.2) is 24.5 Å². The molecule has 0 aliphatic carbocycles. The van der Waals surface area contributed by atoms with Crippen molar-refractivity contribution in [1.29, 1.82) is 0 Å². The molecule has 0 bridgehead atoms. The Morgan fingerprint density at radius 3 is 2.70 bits per heavy atom. The van der Waals surface area contributed by atoms with Crippen molar-refractivity contribution >= 4 is 5.91 Å². The van der Waals surface area contributed by atoms with Crippen molar-refractivity contribution in [3.05, 3.63) is 71.4 Å². The number of benzene rings is 2. The summed E-state index contributed by atoms with van der Waals surface area (Å²) in [6.07, 6.45) is 0.843. The number of amides is 1. The summed E-state index contributed by atoms with van der Waals surface area (Å²) in [5.74, 6) is 1.18. The highest BCUT2D eigenvalue weighted by Gasteiger charge is 2.15. The Morgan fingerprint density at radius 1 is 1.22 bits per heavy atom. The molecular weight excluding hydrogens is 347 g/mol. The van der Waals surface area contributed by atoms with Gasteiger partial charge in [-0.2, -0.15) is 0 Å². The molecule has 1 heterocycles. The zero-order valence-electron chi connectivity index (χ0n) is 15.3. The summed E-state index contributed by atoms with van der Waals surface area (Å²) in [6.45, 7) is 2.27. The molecule has 0 radical (unpaired) electrons. The number of carbonyl (C=O) groups excluding carboxylic acids is 1. The van der Waals surface area contributed by atoms with Gasteiger partial charge < -0.3 is 14.5 Å². The molecule has 0 saturated heterocycles. The van der Waals surface area contributed by atoms with E-state index in [2.05, 4.69) is 10.3 Å². The number of hydrogen-bond acceptors (Lipinski definition) is 4. The number of aromatic nitrogens is 1. The second-order valence-corrected chi connectivity index (χ2v) is 6.16. The number of ether oxygens (including phenoxy) is 1. The van der Waals surface area contributed by atoms with Crippen molar-refractivity contribution in [2.24, 2.45) is 0 Å². The molecule has 0 unspecified atom stereocenters. The molecule has 2 aromatic carbocycles. The number of oxazole rings is 1. The van der Waals surface area contributed by atoms with Gasteiger partial charge in [-0.05, 0) is 49.2 Å². The highest BCUT2D eigenvalue weighted by molar-refractivity contribution is 5.78. The van der Waals surface area contributed by atoms with Crippen LogP contribution in [0.3, 0.4) is 0 Å². The topological polar surface area (TPSA) is 64.4 Å². The first-order valence-corrected chi connectivity index (χ1v) is 8.67. The molecule has 0 fully saturated rings. The first-order valence-electron chi connectivity index (χ1n) is 8.67. The van der Waals surface area contributed by atoms with Gasteiger partial charge in [0.15, 0.2) is 0 Å². The number of halogens is 1. The maximum Gasteiger partial charge on any atom is 0.226 e. The third kappa shape index (κ3) is 4.94. The van der Waals surface area contributed by atoms with Crippen molar-refractivity contribution < 1.29 is 18.3 Å². The molecule has 0 aliphatic rings. The van der Waals surface area contributed by atoms with Gasteiger partial charge in [0.05, 0.1) is 19.2 Å². The summed E-state index contributed by atoms with van der Waals surface area (Å²) >= 11 is 0. The van der Waals surface area contributed by atoms with E-state index in [-0.39, 0.29) is 18.1 Å². The standard InChI is InChI=1S/C21H21FN2O3/c1-14-19(24-21(27-14)16-4-3-5-17(22)12-16)13-20(25)23-11-10-15-6-8-18(26-2)9-7-15/h3-9,12H,10-11,13H2,1-2H3,(H,23,25). The summed E-state index contributed by atoms with van der Waals surface area (Å²) in [5, 5.41) is 2.88. The zero-order chi connectivity index (χ0) is 19.2. The van der Waals surface area contributed by atoms with E-state index in [0.29, 0.717) is 29.5 Å². The van der Waals surface area contributed by atoms with E-state index in [1.165, 1.54) is 12.1 Å². The molecule has 0 atom stereocenters. The molecule has 0 aliphatic heterocycles. The van der Waals surface area contributed by atoms with Crippen molar-refractivity contribution in [3.8, 4) is 17.2 Å². The van der Waals surface area contributed by atoms with Gasteiger partial charge in [-0.15, -0.1) is 0 Å². The summed E-state index contributed by atoms with van der Waals surface area (Å²) < 4.78 is 24.1. The van der Waals surface area contributed by atoms with Crippen LogP contribution in [0.25, 0.3) is 11.5 Å². The van der Waals surface area contributed by atoms with Crippen molar-refractivity contribution in [3.63, 3.8) is 0 Å². The summed E-state index contributed by atoms with van der Waals surface area (Å²) in [5.41, 5.74) is 2.21. The predicted molar refractivity (Wildman–Crippen MR) is 100 cm³/mol. The molecule has 1 aromatic heterocycles. The Bertz CT molecular complexity index is 919. The fraction of sp³-hybridized carbons (Fsp3) is 0.238. The Hall–Kier alpha value is -3.15.